The summed E-state index contributed by atoms with van der Waals surface area (Å²) in [5.41, 5.74) is 0.0177. The summed E-state index contributed by atoms with van der Waals surface area (Å²) < 4.78 is 5.67. The minimum absolute atomic E-state index is 0.0177. The van der Waals surface area contributed by atoms with Crippen molar-refractivity contribution >= 4 is 5.97 Å². The highest BCUT2D eigenvalue weighted by atomic mass is 16.5. The minimum atomic E-state index is -1.03. The molecule has 0 radical (unpaired) electrons. The van der Waals surface area contributed by atoms with Crippen molar-refractivity contribution in [1.29, 1.82) is 0 Å². The molecule has 2 unspecified atom stereocenters. The maximum absolute atomic E-state index is 10.8. The van der Waals surface area contributed by atoms with Crippen LogP contribution < -0.4 is 4.74 Å². The zero-order valence-electron chi connectivity index (χ0n) is 10.4. The molecular formula is C14H17NO3. The fourth-order valence-corrected chi connectivity index (χ4v) is 2.06. The number of aromatic carboxylic acids is 1. The Bertz CT molecular complexity index is 456. The third kappa shape index (κ3) is 3.09. The first-order valence-corrected chi connectivity index (χ1v) is 6.14. The lowest BCUT2D eigenvalue weighted by molar-refractivity contribution is 0.0689. The number of carbonyl (C=O) groups is 1. The average molecular weight is 247 g/mol. The van der Waals surface area contributed by atoms with Crippen LogP contribution in [0.1, 0.15) is 30.3 Å². The number of carboxylic acids is 1. The van der Waals surface area contributed by atoms with E-state index < -0.39 is 5.97 Å². The molecule has 0 fully saturated rings. The predicted molar refractivity (Wildman–Crippen MR) is 67.7 cm³/mol. The van der Waals surface area contributed by atoms with Crippen LogP contribution in [0.25, 0.3) is 0 Å². The van der Waals surface area contributed by atoms with Gasteiger partial charge in [-0.3, -0.25) is 0 Å². The molecule has 0 spiro atoms. The van der Waals surface area contributed by atoms with Crippen LogP contribution in [0.5, 0.6) is 5.75 Å². The Labute approximate surface area is 106 Å². The van der Waals surface area contributed by atoms with E-state index in [0.29, 0.717) is 24.2 Å². The number of carboxylic acid groups (broad SMARTS) is 1. The Morgan fingerprint density at radius 3 is 3.00 bits per heavy atom. The number of hydrogen-bond acceptors (Lipinski definition) is 3. The van der Waals surface area contributed by atoms with Crippen LogP contribution in [0.3, 0.4) is 0 Å². The zero-order valence-corrected chi connectivity index (χ0v) is 10.4. The van der Waals surface area contributed by atoms with Crippen LogP contribution >= 0.6 is 0 Å². The van der Waals surface area contributed by atoms with Crippen LogP contribution in [-0.2, 0) is 0 Å². The van der Waals surface area contributed by atoms with Crippen LogP contribution in [0.15, 0.2) is 30.5 Å². The molecule has 0 amide bonds. The largest absolute Gasteiger partial charge is 0.493 e. The van der Waals surface area contributed by atoms with E-state index in [1.807, 2.05) is 0 Å². The van der Waals surface area contributed by atoms with E-state index in [4.69, 9.17) is 9.84 Å². The van der Waals surface area contributed by atoms with Gasteiger partial charge in [-0.1, -0.05) is 19.1 Å². The first-order chi connectivity index (χ1) is 8.66. The van der Waals surface area contributed by atoms with Crippen molar-refractivity contribution in [3.63, 3.8) is 0 Å². The van der Waals surface area contributed by atoms with E-state index >= 15 is 0 Å². The summed E-state index contributed by atoms with van der Waals surface area (Å²) in [6, 6.07) is 3.15. The van der Waals surface area contributed by atoms with Crippen molar-refractivity contribution in [1.82, 2.24) is 4.98 Å². The summed E-state index contributed by atoms with van der Waals surface area (Å²) in [6.07, 6.45) is 7.96. The van der Waals surface area contributed by atoms with E-state index in [-0.39, 0.29) is 5.69 Å². The number of rotatable bonds is 4. The summed E-state index contributed by atoms with van der Waals surface area (Å²) >= 11 is 0. The molecular weight excluding hydrogens is 230 g/mol. The second-order valence-corrected chi connectivity index (χ2v) is 4.67. The number of hydrogen-bond donors (Lipinski definition) is 1. The van der Waals surface area contributed by atoms with E-state index in [0.717, 1.165) is 12.8 Å². The normalized spacial score (nSPS) is 22.7. The summed E-state index contributed by atoms with van der Waals surface area (Å²) in [7, 11) is 0. The van der Waals surface area contributed by atoms with Gasteiger partial charge in [-0.25, -0.2) is 9.78 Å². The molecule has 1 aromatic rings. The lowest BCUT2D eigenvalue weighted by Gasteiger charge is -2.25. The van der Waals surface area contributed by atoms with Crippen molar-refractivity contribution in [2.24, 2.45) is 11.8 Å². The fraction of sp³-hybridized carbons (Fsp3) is 0.429. The smallest absolute Gasteiger partial charge is 0.354 e. The Kier molecular flexibility index (Phi) is 3.97. The highest BCUT2D eigenvalue weighted by Crippen LogP contribution is 2.25. The number of nitrogens with zero attached hydrogens (tertiary/aromatic N) is 1. The molecule has 18 heavy (non-hydrogen) atoms. The minimum Gasteiger partial charge on any atom is -0.493 e. The Morgan fingerprint density at radius 2 is 2.28 bits per heavy atom. The molecule has 0 saturated heterocycles. The monoisotopic (exact) mass is 247 g/mol. The quantitative estimate of drug-likeness (QED) is 0.831. The Hall–Kier alpha value is -1.84. The van der Waals surface area contributed by atoms with Crippen LogP contribution in [0.4, 0.5) is 0 Å². The molecule has 0 saturated carbocycles. The molecule has 0 aliphatic heterocycles. The SMILES string of the molecule is CC1CC=CCC1COc1ccnc(C(=O)O)c1. The van der Waals surface area contributed by atoms with Crippen LogP contribution in [-0.4, -0.2) is 22.7 Å². The van der Waals surface area contributed by atoms with Gasteiger partial charge >= 0.3 is 5.97 Å². The number of allylic oxidation sites excluding steroid dienone is 2. The molecule has 1 aliphatic carbocycles. The topological polar surface area (TPSA) is 59.4 Å². The highest BCUT2D eigenvalue weighted by Gasteiger charge is 2.19. The molecule has 4 heteroatoms. The molecule has 1 aromatic heterocycles. The second-order valence-electron chi connectivity index (χ2n) is 4.67. The van der Waals surface area contributed by atoms with E-state index in [2.05, 4.69) is 24.1 Å². The van der Waals surface area contributed by atoms with E-state index in [1.54, 1.807) is 6.07 Å². The van der Waals surface area contributed by atoms with Gasteiger partial charge in [0, 0.05) is 12.3 Å². The summed E-state index contributed by atoms with van der Waals surface area (Å²) in [5.74, 6) is 0.644. The van der Waals surface area contributed by atoms with Gasteiger partial charge in [0.25, 0.3) is 0 Å². The fourth-order valence-electron chi connectivity index (χ4n) is 2.06. The lowest BCUT2D eigenvalue weighted by Crippen LogP contribution is -2.21. The van der Waals surface area contributed by atoms with Gasteiger partial charge < -0.3 is 9.84 Å². The van der Waals surface area contributed by atoms with Gasteiger partial charge in [0.05, 0.1) is 6.61 Å². The van der Waals surface area contributed by atoms with Crippen molar-refractivity contribution in [2.75, 3.05) is 6.61 Å². The zero-order chi connectivity index (χ0) is 13.0. The maximum Gasteiger partial charge on any atom is 0.354 e. The van der Waals surface area contributed by atoms with Gasteiger partial charge in [-0.15, -0.1) is 0 Å². The number of aromatic nitrogens is 1. The van der Waals surface area contributed by atoms with Crippen molar-refractivity contribution < 1.29 is 14.6 Å². The van der Waals surface area contributed by atoms with E-state index in [9.17, 15) is 4.79 Å². The van der Waals surface area contributed by atoms with Crippen molar-refractivity contribution in [3.05, 3.63) is 36.2 Å². The first-order valence-electron chi connectivity index (χ1n) is 6.14. The molecule has 1 aliphatic rings. The standard InChI is InChI=1S/C14H17NO3/c1-10-4-2-3-5-11(10)9-18-12-6-7-15-13(8-12)14(16)17/h2-3,6-8,10-11H,4-5,9H2,1H3,(H,16,17). The highest BCUT2D eigenvalue weighted by molar-refractivity contribution is 5.85. The molecule has 96 valence electrons. The lowest BCUT2D eigenvalue weighted by atomic mass is 9.85. The molecule has 2 rings (SSSR count). The third-order valence-corrected chi connectivity index (χ3v) is 3.33. The first kappa shape index (κ1) is 12.6. The number of ether oxygens (including phenoxy) is 1. The molecule has 0 bridgehead atoms. The van der Waals surface area contributed by atoms with Crippen LogP contribution in [0, 0.1) is 11.8 Å². The third-order valence-electron chi connectivity index (χ3n) is 3.33. The Balaban J connectivity index is 1.95. The van der Waals surface area contributed by atoms with Gasteiger partial charge in [-0.05, 0) is 30.7 Å². The van der Waals surface area contributed by atoms with Gasteiger partial charge in [0.2, 0.25) is 0 Å². The summed E-state index contributed by atoms with van der Waals surface area (Å²) in [4.78, 5) is 14.5. The number of pyridine rings is 1. The average Bonchev–Trinajstić information content (AvgIpc) is 2.38. The van der Waals surface area contributed by atoms with Gasteiger partial charge in [-0.2, -0.15) is 0 Å². The predicted octanol–water partition coefficient (Wildman–Crippen LogP) is 2.76. The van der Waals surface area contributed by atoms with Gasteiger partial charge in [0.15, 0.2) is 5.69 Å². The van der Waals surface area contributed by atoms with Crippen molar-refractivity contribution in [2.45, 2.75) is 19.8 Å². The molecule has 2 atom stereocenters. The summed E-state index contributed by atoms with van der Waals surface area (Å²) in [5, 5.41) is 8.84. The molecule has 1 heterocycles. The summed E-state index contributed by atoms with van der Waals surface area (Å²) in [6.45, 7) is 2.83. The second kappa shape index (κ2) is 5.67. The molecule has 1 N–H and O–H groups in total. The van der Waals surface area contributed by atoms with Gasteiger partial charge in [0.1, 0.15) is 5.75 Å². The van der Waals surface area contributed by atoms with Crippen molar-refractivity contribution in [3.8, 4) is 5.75 Å². The maximum atomic E-state index is 10.8. The Morgan fingerprint density at radius 1 is 1.50 bits per heavy atom. The molecule has 4 nitrogen and oxygen atoms in total. The van der Waals surface area contributed by atoms with E-state index in [1.165, 1.54) is 12.3 Å². The van der Waals surface area contributed by atoms with Crippen LogP contribution in [0.2, 0.25) is 0 Å². The molecule has 0 aromatic carbocycles.